The van der Waals surface area contributed by atoms with Crippen LogP contribution in [0, 0.1) is 23.7 Å². The van der Waals surface area contributed by atoms with Crippen LogP contribution < -0.4 is 0 Å². The zero-order valence-electron chi connectivity index (χ0n) is 9.08. The van der Waals surface area contributed by atoms with Crippen LogP contribution >= 0.6 is 0 Å². The van der Waals surface area contributed by atoms with Gasteiger partial charge in [-0.2, -0.15) is 0 Å². The van der Waals surface area contributed by atoms with Crippen LogP contribution in [0.4, 0.5) is 0 Å². The second-order valence-corrected chi connectivity index (χ2v) is 3.34. The highest BCUT2D eigenvalue weighted by Crippen LogP contribution is 2.29. The normalized spacial score (nSPS) is 29.2. The first-order valence-corrected chi connectivity index (χ1v) is 5.07. The lowest BCUT2D eigenvalue weighted by atomic mass is 10.3. The Kier molecular flexibility index (Phi) is 3.31. The summed E-state index contributed by atoms with van der Waals surface area (Å²) in [7, 11) is 0. The molecule has 2 rings (SSSR count). The molecule has 0 saturated carbocycles. The average molecular weight is 216 g/mol. The van der Waals surface area contributed by atoms with E-state index < -0.39 is 5.79 Å². The van der Waals surface area contributed by atoms with Crippen molar-refractivity contribution in [1.29, 1.82) is 0 Å². The molecule has 0 radical (unpaired) electrons. The Morgan fingerprint density at radius 3 is 3.06 bits per heavy atom. The van der Waals surface area contributed by atoms with Crippen molar-refractivity contribution in [3.8, 4) is 23.7 Å². The summed E-state index contributed by atoms with van der Waals surface area (Å²) >= 11 is 0. The van der Waals surface area contributed by atoms with Gasteiger partial charge in [0.25, 0.3) is 5.79 Å². The number of rotatable bonds is 0. The minimum absolute atomic E-state index is 0.420. The average Bonchev–Trinajstić information content (AvgIpc) is 2.69. The van der Waals surface area contributed by atoms with Crippen LogP contribution in [0.1, 0.15) is 6.92 Å². The molecule has 1 unspecified atom stereocenters. The highest BCUT2D eigenvalue weighted by Gasteiger charge is 2.37. The Hall–Kier alpha value is -1.68. The minimum atomic E-state index is -0.734. The Morgan fingerprint density at radius 1 is 1.38 bits per heavy atom. The van der Waals surface area contributed by atoms with Gasteiger partial charge in [0.1, 0.15) is 12.4 Å². The van der Waals surface area contributed by atoms with Crippen LogP contribution in [0.3, 0.4) is 0 Å². The van der Waals surface area contributed by atoms with Crippen LogP contribution in [-0.4, -0.2) is 25.6 Å². The van der Waals surface area contributed by atoms with Gasteiger partial charge in [-0.3, -0.25) is 0 Å². The van der Waals surface area contributed by atoms with E-state index in [-0.39, 0.29) is 0 Å². The van der Waals surface area contributed by atoms with E-state index in [1.165, 1.54) is 0 Å². The number of allylic oxidation sites excluding steroid dienone is 2. The number of hydrogen-bond acceptors (Lipinski definition) is 3. The van der Waals surface area contributed by atoms with Gasteiger partial charge in [0, 0.05) is 6.08 Å². The molecule has 0 aliphatic carbocycles. The van der Waals surface area contributed by atoms with Crippen molar-refractivity contribution in [3.05, 3.63) is 24.0 Å². The lowest BCUT2D eigenvalue weighted by Crippen LogP contribution is -2.41. The van der Waals surface area contributed by atoms with Gasteiger partial charge in [0.15, 0.2) is 0 Å². The quantitative estimate of drug-likeness (QED) is 0.570. The van der Waals surface area contributed by atoms with Gasteiger partial charge in [-0.1, -0.05) is 11.8 Å². The van der Waals surface area contributed by atoms with Gasteiger partial charge < -0.3 is 14.2 Å². The van der Waals surface area contributed by atoms with E-state index in [2.05, 4.69) is 23.7 Å². The molecule has 1 spiro atoms. The van der Waals surface area contributed by atoms with E-state index in [1.54, 1.807) is 13.0 Å². The first-order valence-electron chi connectivity index (χ1n) is 5.07. The van der Waals surface area contributed by atoms with Crippen molar-refractivity contribution in [1.82, 2.24) is 0 Å². The van der Waals surface area contributed by atoms with Crippen molar-refractivity contribution in [2.24, 2.45) is 0 Å². The summed E-state index contributed by atoms with van der Waals surface area (Å²) < 4.78 is 16.5. The van der Waals surface area contributed by atoms with E-state index in [0.717, 1.165) is 0 Å². The highest BCUT2D eigenvalue weighted by atomic mass is 16.7. The molecular weight excluding hydrogens is 204 g/mol. The Labute approximate surface area is 95.1 Å². The summed E-state index contributed by atoms with van der Waals surface area (Å²) in [6.07, 6.45) is 5.36. The maximum absolute atomic E-state index is 5.62. The van der Waals surface area contributed by atoms with E-state index >= 15 is 0 Å². The van der Waals surface area contributed by atoms with Gasteiger partial charge in [-0.25, -0.2) is 0 Å². The third-order valence-corrected chi connectivity index (χ3v) is 2.14. The predicted octanol–water partition coefficient (Wildman–Crippen LogP) is 1.23. The van der Waals surface area contributed by atoms with Gasteiger partial charge in [-0.15, -0.1) is 0 Å². The van der Waals surface area contributed by atoms with Crippen molar-refractivity contribution >= 4 is 0 Å². The molecule has 1 atom stereocenters. The Balaban J connectivity index is 2.00. The molecule has 0 amide bonds. The third-order valence-electron chi connectivity index (χ3n) is 2.14. The summed E-state index contributed by atoms with van der Waals surface area (Å²) in [6, 6.07) is 0. The first-order chi connectivity index (χ1) is 7.85. The van der Waals surface area contributed by atoms with Crippen LogP contribution in [-0.2, 0) is 14.2 Å². The molecule has 0 aromatic carbocycles. The predicted molar refractivity (Wildman–Crippen MR) is 59.0 cm³/mol. The molecule has 2 aliphatic heterocycles. The lowest BCUT2D eigenvalue weighted by Gasteiger charge is -2.31. The molecule has 3 nitrogen and oxygen atoms in total. The second-order valence-electron chi connectivity index (χ2n) is 3.34. The largest absolute Gasteiger partial charge is 0.455 e. The molecule has 0 N–H and O–H groups in total. The van der Waals surface area contributed by atoms with E-state index in [9.17, 15) is 0 Å². The fourth-order valence-corrected chi connectivity index (χ4v) is 1.44. The smallest absolute Gasteiger partial charge is 0.254 e. The van der Waals surface area contributed by atoms with Crippen molar-refractivity contribution in [2.75, 3.05) is 19.8 Å². The number of ether oxygens (including phenoxy) is 3. The standard InChI is InChI=1S/C13H12O3/c1-2-3-4-5-6-12-7-8-13(16-12)11-14-9-10-15-13/h6-8H,9-11H2,1H3/b12-6-. The zero-order valence-corrected chi connectivity index (χ0v) is 9.08. The van der Waals surface area contributed by atoms with Crippen molar-refractivity contribution in [3.63, 3.8) is 0 Å². The van der Waals surface area contributed by atoms with Crippen LogP contribution in [0.5, 0.6) is 0 Å². The van der Waals surface area contributed by atoms with Gasteiger partial charge in [0.05, 0.1) is 13.2 Å². The fourth-order valence-electron chi connectivity index (χ4n) is 1.44. The second kappa shape index (κ2) is 4.90. The van der Waals surface area contributed by atoms with Gasteiger partial charge in [-0.05, 0) is 30.9 Å². The molecule has 0 bridgehead atoms. The van der Waals surface area contributed by atoms with Crippen LogP contribution in [0.2, 0.25) is 0 Å². The molecule has 1 saturated heterocycles. The summed E-state index contributed by atoms with van der Waals surface area (Å²) in [4.78, 5) is 0. The van der Waals surface area contributed by atoms with Crippen molar-refractivity contribution < 1.29 is 14.2 Å². The van der Waals surface area contributed by atoms with Crippen LogP contribution in [0.15, 0.2) is 24.0 Å². The lowest BCUT2D eigenvalue weighted by molar-refractivity contribution is -0.239. The van der Waals surface area contributed by atoms with Crippen molar-refractivity contribution in [2.45, 2.75) is 12.7 Å². The van der Waals surface area contributed by atoms with Gasteiger partial charge >= 0.3 is 0 Å². The molecular formula is C13H12O3. The molecule has 0 aromatic rings. The van der Waals surface area contributed by atoms with Gasteiger partial charge in [0.2, 0.25) is 0 Å². The summed E-state index contributed by atoms with van der Waals surface area (Å²) in [6.45, 7) is 3.33. The van der Waals surface area contributed by atoms with E-state index in [1.807, 2.05) is 12.2 Å². The zero-order chi connectivity index (χ0) is 11.3. The Morgan fingerprint density at radius 2 is 2.31 bits per heavy atom. The van der Waals surface area contributed by atoms with E-state index in [4.69, 9.17) is 14.2 Å². The maximum Gasteiger partial charge on any atom is 0.254 e. The minimum Gasteiger partial charge on any atom is -0.455 e. The summed E-state index contributed by atoms with van der Waals surface area (Å²) in [5.74, 6) is 10.8. The topological polar surface area (TPSA) is 27.7 Å². The third kappa shape index (κ3) is 2.46. The van der Waals surface area contributed by atoms with E-state index in [0.29, 0.717) is 25.6 Å². The number of hydrogen-bond donors (Lipinski definition) is 0. The Bertz CT molecular complexity index is 431. The molecule has 3 heteroatoms. The molecule has 16 heavy (non-hydrogen) atoms. The molecule has 82 valence electrons. The molecule has 1 fully saturated rings. The molecule has 2 aliphatic rings. The highest BCUT2D eigenvalue weighted by molar-refractivity contribution is 5.35. The molecule has 0 aromatic heterocycles. The summed E-state index contributed by atoms with van der Waals surface area (Å²) in [5.41, 5.74) is 0. The fraction of sp³-hybridized carbons (Fsp3) is 0.385. The van der Waals surface area contributed by atoms with Crippen LogP contribution in [0.25, 0.3) is 0 Å². The summed E-state index contributed by atoms with van der Waals surface area (Å²) in [5, 5.41) is 0. The maximum atomic E-state index is 5.62. The monoisotopic (exact) mass is 216 g/mol. The first kappa shape index (κ1) is 10.8. The SMILES string of the molecule is CC#CC#C/C=C1/C=CC2(COCCO2)O1. The molecule has 2 heterocycles.